The third-order valence-electron chi connectivity index (χ3n) is 5.30. The minimum atomic E-state index is 0.584. The lowest BCUT2D eigenvalue weighted by Crippen LogP contribution is -2.38. The van der Waals surface area contributed by atoms with Gasteiger partial charge in [-0.1, -0.05) is 12.1 Å². The fourth-order valence-corrected chi connectivity index (χ4v) is 3.28. The highest BCUT2D eigenvalue weighted by Gasteiger charge is 2.27. The second-order valence-corrected chi connectivity index (χ2v) is 7.34. The summed E-state index contributed by atoms with van der Waals surface area (Å²) in [6.07, 6.45) is 4.66. The first-order chi connectivity index (χ1) is 12.6. The molecule has 6 heteroatoms. The quantitative estimate of drug-likeness (QED) is 0.568. The molecular formula is C20H32N4O2. The lowest BCUT2D eigenvalue weighted by Gasteiger charge is -2.31. The average Bonchev–Trinajstić information content (AvgIpc) is 3.52. The van der Waals surface area contributed by atoms with Crippen molar-refractivity contribution in [1.82, 2.24) is 9.80 Å². The predicted molar refractivity (Wildman–Crippen MR) is 105 cm³/mol. The molecule has 1 aromatic rings. The Morgan fingerprint density at radius 3 is 2.69 bits per heavy atom. The van der Waals surface area contributed by atoms with Crippen LogP contribution in [0.25, 0.3) is 0 Å². The Bertz CT molecular complexity index is 597. The van der Waals surface area contributed by atoms with Crippen molar-refractivity contribution in [3.05, 3.63) is 29.8 Å². The van der Waals surface area contributed by atoms with E-state index in [0.717, 1.165) is 43.9 Å². The van der Waals surface area contributed by atoms with Crippen LogP contribution in [0.5, 0.6) is 5.75 Å². The van der Waals surface area contributed by atoms with Gasteiger partial charge in [0, 0.05) is 38.9 Å². The number of benzene rings is 1. The normalized spacial score (nSPS) is 19.0. The fraction of sp³-hybridized carbons (Fsp3) is 0.650. The molecule has 6 nitrogen and oxygen atoms in total. The van der Waals surface area contributed by atoms with E-state index in [0.29, 0.717) is 31.2 Å². The molecule has 0 bridgehead atoms. The summed E-state index contributed by atoms with van der Waals surface area (Å²) in [7, 11) is 4.19. The largest absolute Gasteiger partial charge is 0.492 e. The van der Waals surface area contributed by atoms with Crippen molar-refractivity contribution < 1.29 is 9.47 Å². The molecular weight excluding hydrogens is 328 g/mol. The molecule has 3 rings (SSSR count). The molecule has 2 fully saturated rings. The van der Waals surface area contributed by atoms with Crippen LogP contribution in [0.3, 0.4) is 0 Å². The van der Waals surface area contributed by atoms with Crippen LogP contribution < -0.4 is 10.5 Å². The number of hydrogen-bond donors (Lipinski definition) is 1. The minimum absolute atomic E-state index is 0.584. The van der Waals surface area contributed by atoms with Crippen LogP contribution in [-0.2, 0) is 11.3 Å². The maximum atomic E-state index is 6.06. The van der Waals surface area contributed by atoms with Gasteiger partial charge < -0.3 is 20.1 Å². The second-order valence-electron chi connectivity index (χ2n) is 7.34. The van der Waals surface area contributed by atoms with Gasteiger partial charge in [-0.05, 0) is 50.4 Å². The van der Waals surface area contributed by atoms with E-state index in [1.54, 1.807) is 0 Å². The molecule has 0 aromatic heterocycles. The molecule has 1 saturated carbocycles. The fourth-order valence-electron chi connectivity index (χ4n) is 3.28. The van der Waals surface area contributed by atoms with Gasteiger partial charge in [-0.25, -0.2) is 4.99 Å². The Hall–Kier alpha value is -1.79. The highest BCUT2D eigenvalue weighted by Crippen LogP contribution is 2.25. The predicted octanol–water partition coefficient (Wildman–Crippen LogP) is 2.09. The van der Waals surface area contributed by atoms with E-state index in [1.165, 1.54) is 12.8 Å². The Labute approximate surface area is 157 Å². The van der Waals surface area contributed by atoms with Crippen LogP contribution in [-0.4, -0.2) is 68.3 Å². The molecule has 0 atom stereocenters. The first-order valence-corrected chi connectivity index (χ1v) is 9.66. The standard InChI is InChI=1S/C20H32N4O2/c1-23(17-8-11-25-12-9-17)10-13-26-19-5-3-4-16(14-19)15-22-20(21)24(2)18-6-7-18/h3-5,14,17-18H,6-13,15H2,1-2H3,(H2,21,22). The summed E-state index contributed by atoms with van der Waals surface area (Å²) in [6, 6.07) is 9.34. The van der Waals surface area contributed by atoms with Gasteiger partial charge in [0.1, 0.15) is 12.4 Å². The highest BCUT2D eigenvalue weighted by molar-refractivity contribution is 5.78. The minimum Gasteiger partial charge on any atom is -0.492 e. The zero-order valence-corrected chi connectivity index (χ0v) is 16.1. The molecule has 144 valence electrons. The third kappa shape index (κ3) is 5.61. The summed E-state index contributed by atoms with van der Waals surface area (Å²) in [6.45, 7) is 3.94. The van der Waals surface area contributed by atoms with Gasteiger partial charge in [-0.3, -0.25) is 4.90 Å². The summed E-state index contributed by atoms with van der Waals surface area (Å²) < 4.78 is 11.4. The van der Waals surface area contributed by atoms with E-state index in [9.17, 15) is 0 Å². The van der Waals surface area contributed by atoms with Crippen LogP contribution in [0.4, 0.5) is 0 Å². The number of likely N-dealkylation sites (N-methyl/N-ethyl adjacent to an activating group) is 1. The van der Waals surface area contributed by atoms with Gasteiger partial charge in [0.05, 0.1) is 6.54 Å². The first-order valence-electron chi connectivity index (χ1n) is 9.66. The molecule has 26 heavy (non-hydrogen) atoms. The molecule has 2 aliphatic rings. The van der Waals surface area contributed by atoms with Crippen LogP contribution in [0, 0.1) is 0 Å². The van der Waals surface area contributed by atoms with Gasteiger partial charge >= 0.3 is 0 Å². The van der Waals surface area contributed by atoms with Crippen molar-refractivity contribution in [3.8, 4) is 5.75 Å². The van der Waals surface area contributed by atoms with Crippen LogP contribution in [0.1, 0.15) is 31.2 Å². The van der Waals surface area contributed by atoms with Crippen LogP contribution in [0.15, 0.2) is 29.3 Å². The molecule has 1 aromatic carbocycles. The van der Waals surface area contributed by atoms with E-state index in [1.807, 2.05) is 19.2 Å². The number of ether oxygens (including phenoxy) is 2. The van der Waals surface area contributed by atoms with Crippen molar-refractivity contribution in [2.24, 2.45) is 10.7 Å². The molecule has 1 saturated heterocycles. The van der Waals surface area contributed by atoms with E-state index in [-0.39, 0.29) is 0 Å². The number of guanidine groups is 1. The monoisotopic (exact) mass is 360 g/mol. The summed E-state index contributed by atoms with van der Waals surface area (Å²) in [4.78, 5) is 8.97. The van der Waals surface area contributed by atoms with Crippen LogP contribution in [0.2, 0.25) is 0 Å². The average molecular weight is 361 g/mol. The van der Waals surface area contributed by atoms with Crippen molar-refractivity contribution in [3.63, 3.8) is 0 Å². The Kier molecular flexibility index (Phi) is 6.74. The zero-order chi connectivity index (χ0) is 18.4. The number of nitrogens with two attached hydrogens (primary N) is 1. The molecule has 0 amide bonds. The zero-order valence-electron chi connectivity index (χ0n) is 16.1. The van der Waals surface area contributed by atoms with Gasteiger partial charge in [-0.15, -0.1) is 0 Å². The Balaban J connectivity index is 1.44. The molecule has 0 radical (unpaired) electrons. The number of hydrogen-bond acceptors (Lipinski definition) is 4. The molecule has 0 spiro atoms. The molecule has 1 aliphatic heterocycles. The molecule has 2 N–H and O–H groups in total. The van der Waals surface area contributed by atoms with Gasteiger partial charge in [0.25, 0.3) is 0 Å². The number of rotatable bonds is 8. The van der Waals surface area contributed by atoms with E-state index < -0.39 is 0 Å². The topological polar surface area (TPSA) is 63.3 Å². The van der Waals surface area contributed by atoms with Gasteiger partial charge in [0.15, 0.2) is 5.96 Å². The summed E-state index contributed by atoms with van der Waals surface area (Å²) in [5, 5.41) is 0. The van der Waals surface area contributed by atoms with Crippen molar-refractivity contribution >= 4 is 5.96 Å². The summed E-state index contributed by atoms with van der Waals surface area (Å²) in [5.41, 5.74) is 7.18. The summed E-state index contributed by atoms with van der Waals surface area (Å²) in [5.74, 6) is 1.52. The van der Waals surface area contributed by atoms with Crippen molar-refractivity contribution in [2.75, 3.05) is 40.5 Å². The maximum Gasteiger partial charge on any atom is 0.191 e. The highest BCUT2D eigenvalue weighted by atomic mass is 16.5. The van der Waals surface area contributed by atoms with Gasteiger partial charge in [0.2, 0.25) is 0 Å². The maximum absolute atomic E-state index is 6.06. The lowest BCUT2D eigenvalue weighted by atomic mass is 10.1. The number of aliphatic imine (C=N–C) groups is 1. The van der Waals surface area contributed by atoms with Crippen molar-refractivity contribution in [1.29, 1.82) is 0 Å². The van der Waals surface area contributed by atoms with E-state index >= 15 is 0 Å². The van der Waals surface area contributed by atoms with E-state index in [2.05, 4.69) is 34.0 Å². The van der Waals surface area contributed by atoms with Gasteiger partial charge in [-0.2, -0.15) is 0 Å². The molecule has 1 aliphatic carbocycles. The van der Waals surface area contributed by atoms with E-state index in [4.69, 9.17) is 15.2 Å². The SMILES string of the molecule is CN(CCOc1cccc(CN=C(N)N(C)C2CC2)c1)C1CCOCC1. The smallest absolute Gasteiger partial charge is 0.191 e. The Morgan fingerprint density at radius 2 is 1.96 bits per heavy atom. The van der Waals surface area contributed by atoms with Crippen LogP contribution >= 0.6 is 0 Å². The lowest BCUT2D eigenvalue weighted by molar-refractivity contribution is 0.0392. The third-order valence-corrected chi connectivity index (χ3v) is 5.30. The Morgan fingerprint density at radius 1 is 1.19 bits per heavy atom. The number of nitrogens with zero attached hydrogens (tertiary/aromatic N) is 3. The summed E-state index contributed by atoms with van der Waals surface area (Å²) >= 11 is 0. The molecule has 0 unspecified atom stereocenters. The first kappa shape index (κ1) is 19.0. The second kappa shape index (κ2) is 9.24. The molecule has 1 heterocycles. The van der Waals surface area contributed by atoms with Crippen molar-refractivity contribution in [2.45, 2.75) is 44.3 Å².